The molecule has 0 atom stereocenters. The Labute approximate surface area is 151 Å². The van der Waals surface area contributed by atoms with Crippen LogP contribution in [0, 0.1) is 0 Å². The lowest BCUT2D eigenvalue weighted by molar-refractivity contribution is -0.122. The van der Waals surface area contributed by atoms with E-state index in [1.165, 1.54) is 29.7 Å². The fraction of sp³-hybridized carbons (Fsp3) is 0.389. The maximum atomic E-state index is 12.3. The molecule has 1 fully saturated rings. The van der Waals surface area contributed by atoms with Crippen molar-refractivity contribution < 1.29 is 9.53 Å². The number of ether oxygens (including phenoxy) is 1. The standard InChI is InChI=1S/C18H21ClN2O2S/c1-23-15-6-2-13(3-7-15)11-21(14-4-5-14)12-18(22)20-10-16-8-9-17(19)24-16/h2-3,6-9,14H,4-5,10-12H2,1H3,(H,20,22). The first kappa shape index (κ1) is 17.3. The molecule has 1 aromatic carbocycles. The maximum Gasteiger partial charge on any atom is 0.234 e. The summed E-state index contributed by atoms with van der Waals surface area (Å²) in [5.41, 5.74) is 1.19. The fourth-order valence-corrected chi connectivity index (χ4v) is 3.62. The zero-order valence-corrected chi connectivity index (χ0v) is 15.2. The molecule has 1 N–H and O–H groups in total. The molecule has 3 rings (SSSR count). The Bertz CT molecular complexity index is 683. The number of benzene rings is 1. The van der Waals surface area contributed by atoms with Crippen LogP contribution in [-0.2, 0) is 17.9 Å². The van der Waals surface area contributed by atoms with Gasteiger partial charge in [-0.1, -0.05) is 23.7 Å². The number of nitrogens with zero attached hydrogens (tertiary/aromatic N) is 1. The number of hydrogen-bond acceptors (Lipinski definition) is 4. The molecular weight excluding hydrogens is 344 g/mol. The number of methoxy groups -OCH3 is 1. The van der Waals surface area contributed by atoms with Crippen LogP contribution in [0.4, 0.5) is 0 Å². The number of hydrogen-bond donors (Lipinski definition) is 1. The highest BCUT2D eigenvalue weighted by Crippen LogP contribution is 2.28. The van der Waals surface area contributed by atoms with Gasteiger partial charge >= 0.3 is 0 Å². The second kappa shape index (κ2) is 8.01. The highest BCUT2D eigenvalue weighted by molar-refractivity contribution is 7.16. The summed E-state index contributed by atoms with van der Waals surface area (Å²) in [4.78, 5) is 15.6. The smallest absolute Gasteiger partial charge is 0.234 e. The summed E-state index contributed by atoms with van der Waals surface area (Å²) in [7, 11) is 1.66. The summed E-state index contributed by atoms with van der Waals surface area (Å²) in [6, 6.07) is 12.4. The van der Waals surface area contributed by atoms with Crippen molar-refractivity contribution in [3.05, 3.63) is 51.2 Å². The quantitative estimate of drug-likeness (QED) is 0.776. The second-order valence-corrected chi connectivity index (χ2v) is 7.77. The summed E-state index contributed by atoms with van der Waals surface area (Å²) < 4.78 is 5.94. The highest BCUT2D eigenvalue weighted by atomic mass is 35.5. The third kappa shape index (κ3) is 4.97. The summed E-state index contributed by atoms with van der Waals surface area (Å²) in [5, 5.41) is 2.98. The molecule has 1 aliphatic rings. The number of carbonyl (C=O) groups excluding carboxylic acids is 1. The van der Waals surface area contributed by atoms with Crippen LogP contribution in [0.1, 0.15) is 23.3 Å². The van der Waals surface area contributed by atoms with Crippen LogP contribution in [-0.4, -0.2) is 30.5 Å². The van der Waals surface area contributed by atoms with Gasteiger partial charge in [-0.3, -0.25) is 9.69 Å². The van der Waals surface area contributed by atoms with Crippen molar-refractivity contribution in [1.29, 1.82) is 0 Å². The van der Waals surface area contributed by atoms with Crippen LogP contribution < -0.4 is 10.1 Å². The zero-order valence-electron chi connectivity index (χ0n) is 13.6. The van der Waals surface area contributed by atoms with Crippen LogP contribution in [0.2, 0.25) is 4.34 Å². The average Bonchev–Trinajstić information content (AvgIpc) is 3.35. The van der Waals surface area contributed by atoms with Crippen LogP contribution >= 0.6 is 22.9 Å². The van der Waals surface area contributed by atoms with Crippen molar-refractivity contribution in [3.63, 3.8) is 0 Å². The molecule has 4 nitrogen and oxygen atoms in total. The Hall–Kier alpha value is -1.56. The Balaban J connectivity index is 1.52. The van der Waals surface area contributed by atoms with Gasteiger partial charge in [0.15, 0.2) is 0 Å². The zero-order chi connectivity index (χ0) is 16.9. The van der Waals surface area contributed by atoms with Crippen LogP contribution in [0.15, 0.2) is 36.4 Å². The van der Waals surface area contributed by atoms with Gasteiger partial charge in [0.25, 0.3) is 0 Å². The van der Waals surface area contributed by atoms with E-state index in [2.05, 4.69) is 22.3 Å². The predicted octanol–water partition coefficient (Wildman–Crippen LogP) is 3.69. The molecule has 0 spiro atoms. The van der Waals surface area contributed by atoms with E-state index < -0.39 is 0 Å². The molecule has 1 aliphatic carbocycles. The largest absolute Gasteiger partial charge is 0.497 e. The molecule has 1 aromatic heterocycles. The third-order valence-electron chi connectivity index (χ3n) is 4.04. The van der Waals surface area contributed by atoms with Crippen LogP contribution in [0.5, 0.6) is 5.75 Å². The van der Waals surface area contributed by atoms with Gasteiger partial charge in [0.1, 0.15) is 5.75 Å². The van der Waals surface area contributed by atoms with Crippen molar-refractivity contribution in [2.75, 3.05) is 13.7 Å². The summed E-state index contributed by atoms with van der Waals surface area (Å²) in [6.45, 7) is 1.75. The Morgan fingerprint density at radius 3 is 2.62 bits per heavy atom. The van der Waals surface area contributed by atoms with Crippen molar-refractivity contribution >= 4 is 28.8 Å². The first-order valence-electron chi connectivity index (χ1n) is 8.02. The predicted molar refractivity (Wildman–Crippen MR) is 97.6 cm³/mol. The lowest BCUT2D eigenvalue weighted by Crippen LogP contribution is -2.37. The number of halogens is 1. The minimum absolute atomic E-state index is 0.0555. The summed E-state index contributed by atoms with van der Waals surface area (Å²) in [6.07, 6.45) is 2.34. The molecule has 2 aromatic rings. The fourth-order valence-electron chi connectivity index (χ4n) is 2.59. The third-order valence-corrected chi connectivity index (χ3v) is 5.27. The molecule has 0 bridgehead atoms. The Morgan fingerprint density at radius 1 is 1.29 bits per heavy atom. The molecule has 0 aliphatic heterocycles. The van der Waals surface area contributed by atoms with E-state index in [9.17, 15) is 4.79 Å². The maximum absolute atomic E-state index is 12.3. The summed E-state index contributed by atoms with van der Waals surface area (Å²) in [5.74, 6) is 0.906. The van der Waals surface area contributed by atoms with Gasteiger partial charge < -0.3 is 10.1 Å². The van der Waals surface area contributed by atoms with E-state index in [0.717, 1.165) is 21.5 Å². The van der Waals surface area contributed by atoms with Gasteiger partial charge in [-0.25, -0.2) is 0 Å². The molecule has 128 valence electrons. The molecule has 0 saturated heterocycles. The molecule has 1 amide bonds. The number of thiophene rings is 1. The van der Waals surface area contributed by atoms with E-state index in [1.54, 1.807) is 7.11 Å². The molecular formula is C18H21ClN2O2S. The van der Waals surface area contributed by atoms with E-state index in [0.29, 0.717) is 19.1 Å². The van der Waals surface area contributed by atoms with Crippen molar-refractivity contribution in [2.45, 2.75) is 32.0 Å². The van der Waals surface area contributed by atoms with Gasteiger partial charge in [0, 0.05) is 17.5 Å². The van der Waals surface area contributed by atoms with E-state index >= 15 is 0 Å². The normalized spacial score (nSPS) is 14.0. The SMILES string of the molecule is COc1ccc(CN(CC(=O)NCc2ccc(Cl)s2)C2CC2)cc1. The van der Waals surface area contributed by atoms with Crippen LogP contribution in [0.3, 0.4) is 0 Å². The first-order valence-corrected chi connectivity index (χ1v) is 9.21. The van der Waals surface area contributed by atoms with Crippen molar-refractivity contribution in [3.8, 4) is 5.75 Å². The Morgan fingerprint density at radius 2 is 2.04 bits per heavy atom. The minimum atomic E-state index is 0.0555. The lowest BCUT2D eigenvalue weighted by Gasteiger charge is -2.21. The number of rotatable bonds is 8. The molecule has 1 heterocycles. The van der Waals surface area contributed by atoms with Gasteiger partial charge in [0.05, 0.1) is 24.5 Å². The van der Waals surface area contributed by atoms with Gasteiger partial charge in [-0.15, -0.1) is 11.3 Å². The number of nitrogens with one attached hydrogen (secondary N) is 1. The first-order chi connectivity index (χ1) is 11.6. The van der Waals surface area contributed by atoms with Gasteiger partial charge in [0.2, 0.25) is 5.91 Å². The summed E-state index contributed by atoms with van der Waals surface area (Å²) >= 11 is 7.41. The van der Waals surface area contributed by atoms with Gasteiger partial charge in [-0.05, 0) is 42.7 Å². The van der Waals surface area contributed by atoms with Crippen molar-refractivity contribution in [2.24, 2.45) is 0 Å². The Kier molecular flexibility index (Phi) is 5.76. The monoisotopic (exact) mass is 364 g/mol. The highest BCUT2D eigenvalue weighted by Gasteiger charge is 2.30. The van der Waals surface area contributed by atoms with Crippen molar-refractivity contribution in [1.82, 2.24) is 10.2 Å². The lowest BCUT2D eigenvalue weighted by atomic mass is 10.2. The van der Waals surface area contributed by atoms with E-state index in [-0.39, 0.29) is 5.91 Å². The number of carbonyl (C=O) groups is 1. The van der Waals surface area contributed by atoms with Gasteiger partial charge in [-0.2, -0.15) is 0 Å². The molecule has 0 unspecified atom stereocenters. The average molecular weight is 365 g/mol. The molecule has 0 radical (unpaired) electrons. The van der Waals surface area contributed by atoms with E-state index in [1.807, 2.05) is 24.3 Å². The molecule has 24 heavy (non-hydrogen) atoms. The minimum Gasteiger partial charge on any atom is -0.497 e. The topological polar surface area (TPSA) is 41.6 Å². The molecule has 6 heteroatoms. The number of amides is 1. The molecule has 1 saturated carbocycles. The second-order valence-electron chi connectivity index (χ2n) is 5.97. The van der Waals surface area contributed by atoms with E-state index in [4.69, 9.17) is 16.3 Å². The van der Waals surface area contributed by atoms with Crippen LogP contribution in [0.25, 0.3) is 0 Å².